The number of carbonyl (C=O) groups excluding carboxylic acids is 12. The van der Waals surface area contributed by atoms with Crippen LogP contribution in [0.3, 0.4) is 0 Å². The maximum atomic E-state index is 15.6. The molecule has 600 valence electrons. The highest BCUT2D eigenvalue weighted by molar-refractivity contribution is 6.00. The molecule has 1 spiro atoms. The van der Waals surface area contributed by atoms with Gasteiger partial charge in [-0.1, -0.05) is 79.9 Å². The molecule has 6 rings (SSSR count). The lowest BCUT2D eigenvalue weighted by Gasteiger charge is -2.54. The highest BCUT2D eigenvalue weighted by atomic mass is 19.4. The average molecular weight is 1520 g/mol. The Hall–Kier alpha value is -7.18. The summed E-state index contributed by atoms with van der Waals surface area (Å²) in [4.78, 5) is 188. The molecule has 6 aliphatic rings. The number of nitrogens with one attached hydrogen (secondary N) is 4. The summed E-state index contributed by atoms with van der Waals surface area (Å²) in [6.07, 6.45) is -12.1. The molecule has 5 fully saturated rings. The van der Waals surface area contributed by atoms with Crippen molar-refractivity contribution in [3.05, 3.63) is 12.2 Å². The second-order valence-electron chi connectivity index (χ2n) is 32.3. The third kappa shape index (κ3) is 22.3. The first kappa shape index (κ1) is 87.7. The van der Waals surface area contributed by atoms with Crippen molar-refractivity contribution >= 4 is 70.9 Å². The van der Waals surface area contributed by atoms with Crippen LogP contribution < -0.4 is 21.3 Å². The second-order valence-corrected chi connectivity index (χ2v) is 32.3. The van der Waals surface area contributed by atoms with Crippen molar-refractivity contribution in [2.24, 2.45) is 46.8 Å². The minimum Gasteiger partial charge on any atom is -0.345 e. The molecule has 32 heteroatoms. The monoisotopic (exact) mass is 1520 g/mol. The molecule has 4 N–H and O–H groups in total. The highest BCUT2D eigenvalue weighted by Gasteiger charge is 2.59. The summed E-state index contributed by atoms with van der Waals surface area (Å²) in [6.45, 7) is 10.3. The Kier molecular flexibility index (Phi) is 30.9. The van der Waals surface area contributed by atoms with E-state index in [-0.39, 0.29) is 89.6 Å². The van der Waals surface area contributed by atoms with Gasteiger partial charge < -0.3 is 60.5 Å². The summed E-state index contributed by atoms with van der Waals surface area (Å²) in [5.74, 6) is -17.2. The number of rotatable bonds is 13. The molecule has 2 bridgehead atoms. The molecule has 0 aromatic heterocycles. The quantitative estimate of drug-likeness (QED) is 0.109. The van der Waals surface area contributed by atoms with Crippen molar-refractivity contribution in [2.45, 2.75) is 256 Å². The second kappa shape index (κ2) is 37.3. The third-order valence-electron chi connectivity index (χ3n) is 23.0. The van der Waals surface area contributed by atoms with Crippen molar-refractivity contribution in [1.82, 2.24) is 60.5 Å². The standard InChI is InChI=1S/C74H116F8N12O12/c1-15-31-87(8)65(101)54-37-58(97)91(12)53(33-43(3)4)64(100)85-61(44(5)16-2)68(104)89(10)40-59(98)90(11)52-24-18-17-21-32-94(67(52)103)55(36-45-25-28-48(29-26-45)73(77,78)79)66(102)88(9)39-57(96)84-51(30-27-46-34-49(75)60(50(76)35-46)74(80,81)82)63(99)83-38-56(95)86-72(41-71(6,7)42-72)70(106)93(14)62(69(105)92(54)13)47-22-19-20-23-47/h17-18,43-55,60-62H,15-16,19-42H2,1-14H3,(H,83,99)(H,84,96)(H,85,100)(H,86,95)/b18-17-/t44-,45?,46?,48?,49?,50?,51-,52-,53-,54-,55+,60?,61-,62-/m0/s1. The van der Waals surface area contributed by atoms with E-state index in [2.05, 4.69) is 21.3 Å². The summed E-state index contributed by atoms with van der Waals surface area (Å²) in [7, 11) is 9.51. The Morgan fingerprint density at radius 1 is 0.660 bits per heavy atom. The first-order chi connectivity index (χ1) is 49.4. The predicted octanol–water partition coefficient (Wildman–Crippen LogP) is 6.88. The molecule has 12 amide bonds. The van der Waals surface area contributed by atoms with Gasteiger partial charge in [-0.25, -0.2) is 8.78 Å². The third-order valence-corrected chi connectivity index (χ3v) is 23.0. The number of fused-ring (bicyclic) bond motifs is 2. The number of halogens is 8. The van der Waals surface area contributed by atoms with E-state index in [1.54, 1.807) is 26.0 Å². The number of likely N-dealkylation sites (N-methyl/N-ethyl adjacent to an activating group) is 7. The number of alkyl halides is 8. The molecule has 106 heavy (non-hydrogen) atoms. The lowest BCUT2D eigenvalue weighted by molar-refractivity contribution is -0.219. The molecule has 1 saturated heterocycles. The summed E-state index contributed by atoms with van der Waals surface area (Å²) in [5.41, 5.74) is -2.30. The number of hydrogen-bond acceptors (Lipinski definition) is 12. The fourth-order valence-electron chi connectivity index (χ4n) is 16.8. The molecule has 4 saturated carbocycles. The number of carbonyl (C=O) groups is 12. The minimum atomic E-state index is -5.21. The summed E-state index contributed by atoms with van der Waals surface area (Å²) in [6, 6.07) is -9.89. The fraction of sp³-hybridized carbons (Fsp3) is 0.811. The zero-order valence-electron chi connectivity index (χ0n) is 64.3. The van der Waals surface area contributed by atoms with E-state index in [0.29, 0.717) is 38.5 Å². The van der Waals surface area contributed by atoms with Gasteiger partial charge in [-0.15, -0.1) is 0 Å². The van der Waals surface area contributed by atoms with Crippen molar-refractivity contribution in [3.8, 4) is 0 Å². The summed E-state index contributed by atoms with van der Waals surface area (Å²) >= 11 is 0. The lowest BCUT2D eigenvalue weighted by Crippen LogP contribution is -2.71. The zero-order valence-corrected chi connectivity index (χ0v) is 64.3. The molecule has 0 aromatic rings. The van der Waals surface area contributed by atoms with Crippen LogP contribution in [-0.2, 0) is 57.5 Å². The van der Waals surface area contributed by atoms with E-state index in [9.17, 15) is 59.9 Å². The van der Waals surface area contributed by atoms with Crippen molar-refractivity contribution in [2.75, 3.05) is 82.1 Å². The van der Waals surface area contributed by atoms with E-state index in [1.807, 2.05) is 34.6 Å². The maximum Gasteiger partial charge on any atom is 0.397 e. The molecule has 2 heterocycles. The molecule has 2 unspecified atom stereocenters. The average Bonchev–Trinajstić information content (AvgIpc) is 0.776. The molecule has 10 atom stereocenters. The van der Waals surface area contributed by atoms with E-state index in [4.69, 9.17) is 0 Å². The summed E-state index contributed by atoms with van der Waals surface area (Å²) in [5, 5.41) is 10.6. The van der Waals surface area contributed by atoms with Crippen LogP contribution in [0.4, 0.5) is 35.1 Å². The number of hydrogen-bond donors (Lipinski definition) is 4. The summed E-state index contributed by atoms with van der Waals surface area (Å²) < 4.78 is 114. The van der Waals surface area contributed by atoms with E-state index in [1.165, 1.54) is 68.9 Å². The van der Waals surface area contributed by atoms with Gasteiger partial charge in [0.15, 0.2) is 0 Å². The topological polar surface area (TPSA) is 279 Å². The zero-order chi connectivity index (χ0) is 79.4. The maximum absolute atomic E-state index is 15.6. The van der Waals surface area contributed by atoms with Gasteiger partial charge in [-0.05, 0) is 144 Å². The largest absolute Gasteiger partial charge is 0.397 e. The Morgan fingerprint density at radius 2 is 1.26 bits per heavy atom. The molecule has 24 nitrogen and oxygen atoms in total. The molecule has 0 radical (unpaired) electrons. The van der Waals surface area contributed by atoms with Gasteiger partial charge in [0.05, 0.1) is 32.0 Å². The number of nitrogens with zero attached hydrogens (tertiary/aromatic N) is 8. The first-order valence-corrected chi connectivity index (χ1v) is 37.7. The van der Waals surface area contributed by atoms with Gasteiger partial charge in [-0.2, -0.15) is 26.3 Å². The Labute approximate surface area is 618 Å². The van der Waals surface area contributed by atoms with E-state index in [0.717, 1.165) is 19.6 Å². The Bertz CT molecular complexity index is 3140. The minimum absolute atomic E-state index is 0.00162. The van der Waals surface area contributed by atoms with Crippen LogP contribution in [0.1, 0.15) is 183 Å². The van der Waals surface area contributed by atoms with Crippen LogP contribution in [0.5, 0.6) is 0 Å². The normalized spacial score (nSPS) is 30.8. The highest BCUT2D eigenvalue weighted by Crippen LogP contribution is 2.50. The Balaban J connectivity index is 1.44. The molecular weight excluding hydrogens is 1400 g/mol. The van der Waals surface area contributed by atoms with Crippen LogP contribution in [0.25, 0.3) is 0 Å². The van der Waals surface area contributed by atoms with Gasteiger partial charge in [0.1, 0.15) is 66.1 Å². The van der Waals surface area contributed by atoms with Crippen LogP contribution in [0.2, 0.25) is 0 Å². The van der Waals surface area contributed by atoms with E-state index >= 15 is 32.8 Å². The number of amides is 12. The van der Waals surface area contributed by atoms with Crippen LogP contribution >= 0.6 is 0 Å². The van der Waals surface area contributed by atoms with Gasteiger partial charge in [0.2, 0.25) is 70.9 Å². The van der Waals surface area contributed by atoms with Gasteiger partial charge >= 0.3 is 12.4 Å². The molecule has 0 aromatic carbocycles. The van der Waals surface area contributed by atoms with Crippen molar-refractivity contribution in [1.29, 1.82) is 0 Å². The predicted molar refractivity (Wildman–Crippen MR) is 377 cm³/mol. The Morgan fingerprint density at radius 3 is 1.82 bits per heavy atom. The van der Waals surface area contributed by atoms with Crippen LogP contribution in [-0.4, -0.2) is 265 Å². The van der Waals surface area contributed by atoms with Crippen molar-refractivity contribution in [3.63, 3.8) is 0 Å². The van der Waals surface area contributed by atoms with E-state index < -0.39 is 230 Å². The molecule has 2 aliphatic heterocycles. The fourth-order valence-corrected chi connectivity index (χ4v) is 16.8. The van der Waals surface area contributed by atoms with Crippen molar-refractivity contribution < 1.29 is 92.7 Å². The lowest BCUT2D eigenvalue weighted by atomic mass is 9.58. The smallest absolute Gasteiger partial charge is 0.345 e. The van der Waals surface area contributed by atoms with Crippen LogP contribution in [0, 0.1) is 46.8 Å². The molecular formula is C74H116F8N12O12. The van der Waals surface area contributed by atoms with Gasteiger partial charge in [-0.3, -0.25) is 57.5 Å². The van der Waals surface area contributed by atoms with Crippen LogP contribution in [0.15, 0.2) is 12.2 Å². The van der Waals surface area contributed by atoms with Gasteiger partial charge in [0.25, 0.3) is 0 Å². The SMILES string of the molecule is CCCN(C)C(=O)[C@@H]1CC(=O)N(C)[C@@H](CC(C)C)C(=O)N[C@@H]([C@@H](C)CC)C(=O)N(C)CC(=O)N(C)[C@H]2C/C=C\CCN(C2=O)[C@H](CC2CCC(C(F)(F)F)CC2)C(=O)N(C)CC(=O)N[C@@H](CCC2CC(F)C(C(F)(F)F)C(F)C2)C(=O)NCC(=O)NC2(CC(C)(C)C2)C(=O)N(C)[C@@H](C2CCCC2)C(=O)N1C. The van der Waals surface area contributed by atoms with Gasteiger partial charge in [0, 0.05) is 62.4 Å². The first-order valence-electron chi connectivity index (χ1n) is 37.7. The molecule has 4 aliphatic carbocycles.